The van der Waals surface area contributed by atoms with Gasteiger partial charge in [0.05, 0.1) is 0 Å². The minimum atomic E-state index is 0.209. The quantitative estimate of drug-likeness (QED) is 0.574. The van der Waals surface area contributed by atoms with Gasteiger partial charge in [0.15, 0.2) is 0 Å². The molecule has 0 amide bonds. The third-order valence-electron chi connectivity index (χ3n) is 3.38. The van der Waals surface area contributed by atoms with E-state index in [4.69, 9.17) is 17.2 Å². The molecule has 1 aliphatic rings. The highest BCUT2D eigenvalue weighted by atomic mass is 15.1. The molecule has 1 aliphatic heterocycles. The fraction of sp³-hybridized carbons (Fsp3) is 1.00. The second-order valence-corrected chi connectivity index (χ2v) is 7.05. The summed E-state index contributed by atoms with van der Waals surface area (Å²) in [5.41, 5.74) is 16.9. The van der Waals surface area contributed by atoms with E-state index in [0.29, 0.717) is 6.04 Å². The van der Waals surface area contributed by atoms with Crippen LogP contribution in [0.15, 0.2) is 0 Å². The van der Waals surface area contributed by atoms with Crippen molar-refractivity contribution >= 4 is 0 Å². The highest BCUT2D eigenvalue weighted by molar-refractivity contribution is 4.98. The van der Waals surface area contributed by atoms with E-state index in [-0.39, 0.29) is 11.1 Å². The second kappa shape index (κ2) is 8.90. The van der Waals surface area contributed by atoms with Crippen LogP contribution in [0.1, 0.15) is 66.2 Å². The van der Waals surface area contributed by atoms with Crippen LogP contribution in [0, 0.1) is 0 Å². The summed E-state index contributed by atoms with van der Waals surface area (Å²) in [5.74, 6) is 0. The summed E-state index contributed by atoms with van der Waals surface area (Å²) in [7, 11) is 0. The fourth-order valence-electron chi connectivity index (χ4n) is 3.04. The molecule has 19 heavy (non-hydrogen) atoms. The third-order valence-corrected chi connectivity index (χ3v) is 3.38. The first kappa shape index (κ1) is 18.8. The van der Waals surface area contributed by atoms with Crippen molar-refractivity contribution in [3.8, 4) is 0 Å². The second-order valence-electron chi connectivity index (χ2n) is 7.05. The van der Waals surface area contributed by atoms with E-state index in [0.717, 1.165) is 38.8 Å². The van der Waals surface area contributed by atoms with Gasteiger partial charge >= 0.3 is 0 Å². The van der Waals surface area contributed by atoms with Crippen molar-refractivity contribution < 1.29 is 0 Å². The van der Waals surface area contributed by atoms with Gasteiger partial charge < -0.3 is 22.5 Å². The maximum absolute atomic E-state index is 5.95. The van der Waals surface area contributed by atoms with Crippen molar-refractivity contribution in [2.45, 2.75) is 83.3 Å². The van der Waals surface area contributed by atoms with E-state index in [2.05, 4.69) is 33.0 Å². The Labute approximate surface area is 119 Å². The van der Waals surface area contributed by atoms with Crippen LogP contribution in [-0.4, -0.2) is 30.2 Å². The summed E-state index contributed by atoms with van der Waals surface area (Å²) in [6, 6.07) is 0.362. The highest BCUT2D eigenvalue weighted by Gasteiger charge is 2.35. The first-order valence-corrected chi connectivity index (χ1v) is 7.67. The number of unbranched alkanes of at least 4 members (excludes halogenated alkanes) is 3. The van der Waals surface area contributed by atoms with Crippen LogP contribution in [-0.2, 0) is 0 Å². The van der Waals surface area contributed by atoms with E-state index in [9.17, 15) is 0 Å². The van der Waals surface area contributed by atoms with Crippen LogP contribution in [0.25, 0.3) is 0 Å². The molecule has 0 spiro atoms. The Morgan fingerprint density at radius 2 is 1.21 bits per heavy atom. The third kappa shape index (κ3) is 10.3. The first-order chi connectivity index (χ1) is 8.72. The lowest BCUT2D eigenvalue weighted by Gasteiger charge is -2.45. The van der Waals surface area contributed by atoms with Crippen LogP contribution < -0.4 is 22.5 Å². The Morgan fingerprint density at radius 3 is 1.47 bits per heavy atom. The SMILES string of the molecule is CC1(C)CC(N)CC(C)(C)N1.NCCCCCCN. The molecule has 0 saturated carbocycles. The van der Waals surface area contributed by atoms with Gasteiger partial charge in [-0.15, -0.1) is 0 Å². The van der Waals surface area contributed by atoms with Crippen LogP contribution in [0.2, 0.25) is 0 Å². The van der Waals surface area contributed by atoms with E-state index in [1.807, 2.05) is 0 Å². The lowest BCUT2D eigenvalue weighted by Crippen LogP contribution is -2.60. The number of piperidine rings is 1. The lowest BCUT2D eigenvalue weighted by molar-refractivity contribution is 0.163. The zero-order valence-corrected chi connectivity index (χ0v) is 13.5. The normalized spacial score (nSPS) is 21.6. The largest absolute Gasteiger partial charge is 0.330 e. The zero-order chi connectivity index (χ0) is 14.9. The predicted octanol–water partition coefficient (Wildman–Crippen LogP) is 1.72. The average molecular weight is 272 g/mol. The molecule has 0 radical (unpaired) electrons. The van der Waals surface area contributed by atoms with Gasteiger partial charge in [-0.05, 0) is 66.5 Å². The van der Waals surface area contributed by atoms with Crippen LogP contribution in [0.5, 0.6) is 0 Å². The Bertz CT molecular complexity index is 204. The molecule has 0 unspecified atom stereocenters. The summed E-state index contributed by atoms with van der Waals surface area (Å²) in [4.78, 5) is 0. The van der Waals surface area contributed by atoms with Crippen LogP contribution in [0.4, 0.5) is 0 Å². The molecule has 1 fully saturated rings. The monoisotopic (exact) mass is 272 g/mol. The minimum absolute atomic E-state index is 0.209. The molecule has 0 atom stereocenters. The van der Waals surface area contributed by atoms with E-state index in [1.54, 1.807) is 0 Å². The van der Waals surface area contributed by atoms with Gasteiger partial charge in [-0.2, -0.15) is 0 Å². The van der Waals surface area contributed by atoms with Crippen molar-refractivity contribution in [3.05, 3.63) is 0 Å². The Hall–Kier alpha value is -0.160. The van der Waals surface area contributed by atoms with Crippen molar-refractivity contribution in [1.82, 2.24) is 5.32 Å². The molecule has 1 rings (SSSR count). The molecule has 0 aromatic heterocycles. The van der Waals surface area contributed by atoms with E-state index >= 15 is 0 Å². The molecule has 4 nitrogen and oxygen atoms in total. The van der Waals surface area contributed by atoms with Crippen molar-refractivity contribution in [2.24, 2.45) is 17.2 Å². The smallest absolute Gasteiger partial charge is 0.0144 e. The van der Waals surface area contributed by atoms with Gasteiger partial charge in [-0.3, -0.25) is 0 Å². The van der Waals surface area contributed by atoms with Gasteiger partial charge in [0.1, 0.15) is 0 Å². The van der Waals surface area contributed by atoms with Gasteiger partial charge in [-0.1, -0.05) is 12.8 Å². The minimum Gasteiger partial charge on any atom is -0.330 e. The summed E-state index contributed by atoms with van der Waals surface area (Å²) < 4.78 is 0. The molecular formula is C15H36N4. The molecule has 1 saturated heterocycles. The van der Waals surface area contributed by atoms with Gasteiger partial charge in [0, 0.05) is 17.1 Å². The molecule has 116 valence electrons. The van der Waals surface area contributed by atoms with Crippen molar-refractivity contribution in [3.63, 3.8) is 0 Å². The van der Waals surface area contributed by atoms with E-state index in [1.165, 1.54) is 12.8 Å². The molecule has 0 aromatic carbocycles. The maximum atomic E-state index is 5.95. The summed E-state index contributed by atoms with van der Waals surface area (Å²) in [6.07, 6.45) is 6.95. The molecule has 0 aromatic rings. The maximum Gasteiger partial charge on any atom is 0.0144 e. The molecule has 7 N–H and O–H groups in total. The fourth-order valence-corrected chi connectivity index (χ4v) is 3.04. The Morgan fingerprint density at radius 1 is 0.842 bits per heavy atom. The standard InChI is InChI=1S/C9H20N2.C6H16N2/c1-8(2)5-7(10)6-9(3,4)11-8;7-5-3-1-2-4-6-8/h7,11H,5-6,10H2,1-4H3;1-8H2. The molecule has 0 aliphatic carbocycles. The number of hydrogen-bond acceptors (Lipinski definition) is 4. The van der Waals surface area contributed by atoms with Gasteiger partial charge in [-0.25, -0.2) is 0 Å². The lowest BCUT2D eigenvalue weighted by atomic mass is 9.80. The van der Waals surface area contributed by atoms with Crippen molar-refractivity contribution in [1.29, 1.82) is 0 Å². The highest BCUT2D eigenvalue weighted by Crippen LogP contribution is 2.26. The molecule has 4 heteroatoms. The van der Waals surface area contributed by atoms with Crippen LogP contribution in [0.3, 0.4) is 0 Å². The summed E-state index contributed by atoms with van der Waals surface area (Å²) >= 11 is 0. The summed E-state index contributed by atoms with van der Waals surface area (Å²) in [5, 5.41) is 3.58. The first-order valence-electron chi connectivity index (χ1n) is 7.67. The van der Waals surface area contributed by atoms with E-state index < -0.39 is 0 Å². The topological polar surface area (TPSA) is 90.1 Å². The van der Waals surface area contributed by atoms with Crippen LogP contribution >= 0.6 is 0 Å². The van der Waals surface area contributed by atoms with Gasteiger partial charge in [0.25, 0.3) is 0 Å². The number of nitrogens with two attached hydrogens (primary N) is 3. The predicted molar refractivity (Wildman–Crippen MR) is 85.1 cm³/mol. The summed E-state index contributed by atoms with van der Waals surface area (Å²) in [6.45, 7) is 10.5. The Kier molecular flexibility index (Phi) is 8.83. The Balaban J connectivity index is 0.000000362. The number of nitrogens with one attached hydrogen (secondary N) is 1. The molecule has 1 heterocycles. The van der Waals surface area contributed by atoms with Crippen molar-refractivity contribution in [2.75, 3.05) is 13.1 Å². The number of rotatable bonds is 5. The number of hydrogen-bond donors (Lipinski definition) is 4. The zero-order valence-electron chi connectivity index (χ0n) is 13.5. The van der Waals surface area contributed by atoms with Gasteiger partial charge in [0.2, 0.25) is 0 Å². The average Bonchev–Trinajstić information content (AvgIpc) is 2.20. The molecule has 0 bridgehead atoms. The molecular weight excluding hydrogens is 236 g/mol.